The number of hydrogen-bond acceptors (Lipinski definition) is 4. The Morgan fingerprint density at radius 3 is 2.74 bits per heavy atom. The van der Waals surface area contributed by atoms with Gasteiger partial charge in [-0.3, -0.25) is 4.79 Å². The van der Waals surface area contributed by atoms with Crippen molar-refractivity contribution in [2.75, 3.05) is 5.32 Å². The van der Waals surface area contributed by atoms with Crippen molar-refractivity contribution in [3.8, 4) is 0 Å². The van der Waals surface area contributed by atoms with Crippen LogP contribution in [0.2, 0.25) is 0 Å². The van der Waals surface area contributed by atoms with Crippen LogP contribution in [0, 0.1) is 0 Å². The quantitative estimate of drug-likeness (QED) is 0.818. The number of aliphatic carboxylic acids is 1. The summed E-state index contributed by atoms with van der Waals surface area (Å²) >= 11 is 0. The van der Waals surface area contributed by atoms with Crippen LogP contribution in [-0.4, -0.2) is 22.0 Å². The SMILES string of the molecule is O=C(O)C=Cc1ccc(NC(=O)c2ccoc2)nc1. The summed E-state index contributed by atoms with van der Waals surface area (Å²) in [5.74, 6) is -0.980. The maximum absolute atomic E-state index is 11.7. The fourth-order valence-electron chi connectivity index (χ4n) is 1.33. The van der Waals surface area contributed by atoms with Gasteiger partial charge in [-0.2, -0.15) is 0 Å². The van der Waals surface area contributed by atoms with Crippen LogP contribution in [0.4, 0.5) is 5.82 Å². The molecule has 2 heterocycles. The predicted octanol–water partition coefficient (Wildman–Crippen LogP) is 2.02. The molecule has 6 heteroatoms. The number of pyridine rings is 1. The normalized spacial score (nSPS) is 10.5. The molecule has 0 aliphatic rings. The molecule has 0 aliphatic carbocycles. The molecular weight excluding hydrogens is 248 g/mol. The van der Waals surface area contributed by atoms with Crippen molar-refractivity contribution in [2.24, 2.45) is 0 Å². The number of anilines is 1. The Morgan fingerprint density at radius 1 is 1.32 bits per heavy atom. The molecule has 0 atom stereocenters. The number of hydrogen-bond donors (Lipinski definition) is 2. The van der Waals surface area contributed by atoms with Gasteiger partial charge in [-0.25, -0.2) is 9.78 Å². The van der Waals surface area contributed by atoms with Crippen molar-refractivity contribution in [1.29, 1.82) is 0 Å². The summed E-state index contributed by atoms with van der Waals surface area (Å²) < 4.78 is 4.80. The van der Waals surface area contributed by atoms with E-state index in [-0.39, 0.29) is 5.91 Å². The molecule has 96 valence electrons. The highest BCUT2D eigenvalue weighted by atomic mass is 16.4. The van der Waals surface area contributed by atoms with Gasteiger partial charge in [-0.05, 0) is 29.8 Å². The minimum absolute atomic E-state index is 0.324. The third-order valence-corrected chi connectivity index (χ3v) is 2.23. The summed E-state index contributed by atoms with van der Waals surface area (Å²) in [5, 5.41) is 11.1. The highest BCUT2D eigenvalue weighted by Gasteiger charge is 2.07. The summed E-state index contributed by atoms with van der Waals surface area (Å²) in [6.07, 6.45) is 6.63. The third kappa shape index (κ3) is 3.53. The summed E-state index contributed by atoms with van der Waals surface area (Å²) in [5.41, 5.74) is 1.03. The number of nitrogens with one attached hydrogen (secondary N) is 1. The summed E-state index contributed by atoms with van der Waals surface area (Å²) in [6.45, 7) is 0. The predicted molar refractivity (Wildman–Crippen MR) is 67.6 cm³/mol. The number of carboxylic acids is 1. The Morgan fingerprint density at radius 2 is 2.16 bits per heavy atom. The molecule has 0 unspecified atom stereocenters. The van der Waals surface area contributed by atoms with Crippen molar-refractivity contribution in [2.45, 2.75) is 0 Å². The first-order chi connectivity index (χ1) is 9.15. The Hall–Kier alpha value is -2.89. The standard InChI is InChI=1S/C13H10N2O4/c16-12(17)4-2-9-1-3-11(14-7-9)15-13(18)10-5-6-19-8-10/h1-8H,(H,16,17)(H,14,15,18). The highest BCUT2D eigenvalue weighted by Crippen LogP contribution is 2.09. The number of furan rings is 1. The van der Waals surface area contributed by atoms with Crippen LogP contribution < -0.4 is 5.32 Å². The monoisotopic (exact) mass is 258 g/mol. The number of carboxylic acid groups (broad SMARTS) is 1. The Labute approximate surface area is 108 Å². The molecule has 2 aromatic rings. The average Bonchev–Trinajstić information content (AvgIpc) is 2.92. The van der Waals surface area contributed by atoms with E-state index in [1.54, 1.807) is 18.2 Å². The second kappa shape index (κ2) is 5.63. The molecule has 0 bridgehead atoms. The van der Waals surface area contributed by atoms with E-state index >= 15 is 0 Å². The molecule has 19 heavy (non-hydrogen) atoms. The van der Waals surface area contributed by atoms with E-state index in [1.807, 2.05) is 0 Å². The van der Waals surface area contributed by atoms with Crippen LogP contribution in [0.15, 0.2) is 47.4 Å². The lowest BCUT2D eigenvalue weighted by atomic mass is 10.2. The summed E-state index contributed by atoms with van der Waals surface area (Å²) in [7, 11) is 0. The summed E-state index contributed by atoms with van der Waals surface area (Å²) in [4.78, 5) is 26.0. The minimum atomic E-state index is -1.03. The van der Waals surface area contributed by atoms with Crippen LogP contribution in [0.25, 0.3) is 6.08 Å². The Bertz CT molecular complexity index is 600. The zero-order chi connectivity index (χ0) is 13.7. The van der Waals surface area contributed by atoms with Gasteiger partial charge in [-0.1, -0.05) is 0 Å². The fourth-order valence-corrected chi connectivity index (χ4v) is 1.33. The molecule has 1 amide bonds. The fraction of sp³-hybridized carbons (Fsp3) is 0. The lowest BCUT2D eigenvalue weighted by Gasteiger charge is -2.02. The topological polar surface area (TPSA) is 92.4 Å². The first-order valence-electron chi connectivity index (χ1n) is 5.36. The second-order valence-corrected chi connectivity index (χ2v) is 3.61. The first kappa shape index (κ1) is 12.6. The third-order valence-electron chi connectivity index (χ3n) is 2.23. The van der Waals surface area contributed by atoms with E-state index in [2.05, 4.69) is 10.3 Å². The van der Waals surface area contributed by atoms with Crippen LogP contribution in [0.1, 0.15) is 15.9 Å². The number of nitrogens with zero attached hydrogens (tertiary/aromatic N) is 1. The maximum Gasteiger partial charge on any atom is 0.328 e. The van der Waals surface area contributed by atoms with Crippen molar-refractivity contribution < 1.29 is 19.1 Å². The van der Waals surface area contributed by atoms with Gasteiger partial charge in [0.25, 0.3) is 5.91 Å². The largest absolute Gasteiger partial charge is 0.478 e. The molecule has 0 saturated carbocycles. The van der Waals surface area contributed by atoms with Crippen molar-refractivity contribution in [3.05, 3.63) is 54.1 Å². The van der Waals surface area contributed by atoms with E-state index in [9.17, 15) is 9.59 Å². The number of carbonyl (C=O) groups is 2. The lowest BCUT2D eigenvalue weighted by molar-refractivity contribution is -0.131. The highest BCUT2D eigenvalue weighted by molar-refractivity contribution is 6.03. The minimum Gasteiger partial charge on any atom is -0.478 e. The lowest BCUT2D eigenvalue weighted by Crippen LogP contribution is -2.11. The molecule has 0 aromatic carbocycles. The van der Waals surface area contributed by atoms with Gasteiger partial charge >= 0.3 is 5.97 Å². The molecular formula is C13H10N2O4. The van der Waals surface area contributed by atoms with Crippen molar-refractivity contribution >= 4 is 23.8 Å². The zero-order valence-corrected chi connectivity index (χ0v) is 9.74. The van der Waals surface area contributed by atoms with Gasteiger partial charge in [0, 0.05) is 12.3 Å². The van der Waals surface area contributed by atoms with Crippen molar-refractivity contribution in [3.63, 3.8) is 0 Å². The molecule has 2 N–H and O–H groups in total. The molecule has 2 aromatic heterocycles. The molecule has 0 aliphatic heterocycles. The van der Waals surface area contributed by atoms with Gasteiger partial charge in [-0.15, -0.1) is 0 Å². The van der Waals surface area contributed by atoms with Crippen LogP contribution >= 0.6 is 0 Å². The number of carbonyl (C=O) groups excluding carboxylic acids is 1. The van der Waals surface area contributed by atoms with Gasteiger partial charge in [0.05, 0.1) is 11.8 Å². The first-order valence-corrected chi connectivity index (χ1v) is 5.36. The Balaban J connectivity index is 2.03. The number of aromatic nitrogens is 1. The molecule has 0 spiro atoms. The molecule has 6 nitrogen and oxygen atoms in total. The zero-order valence-electron chi connectivity index (χ0n) is 9.74. The van der Waals surface area contributed by atoms with E-state index in [4.69, 9.17) is 9.52 Å². The summed E-state index contributed by atoms with van der Waals surface area (Å²) in [6, 6.07) is 4.77. The second-order valence-electron chi connectivity index (χ2n) is 3.61. The van der Waals surface area contributed by atoms with E-state index < -0.39 is 5.97 Å². The van der Waals surface area contributed by atoms with Gasteiger partial charge in [0.1, 0.15) is 12.1 Å². The van der Waals surface area contributed by atoms with Gasteiger partial charge in [0.15, 0.2) is 0 Å². The smallest absolute Gasteiger partial charge is 0.328 e. The number of amides is 1. The van der Waals surface area contributed by atoms with Crippen LogP contribution in [0.5, 0.6) is 0 Å². The average molecular weight is 258 g/mol. The molecule has 0 fully saturated rings. The van der Waals surface area contributed by atoms with Crippen LogP contribution in [0.3, 0.4) is 0 Å². The van der Waals surface area contributed by atoms with Gasteiger partial charge in [0.2, 0.25) is 0 Å². The van der Waals surface area contributed by atoms with E-state index in [0.717, 1.165) is 6.08 Å². The Kier molecular flexibility index (Phi) is 3.72. The molecule has 0 radical (unpaired) electrons. The molecule has 2 rings (SSSR count). The van der Waals surface area contributed by atoms with E-state index in [0.29, 0.717) is 16.9 Å². The maximum atomic E-state index is 11.7. The van der Waals surface area contributed by atoms with Crippen LogP contribution in [-0.2, 0) is 4.79 Å². The molecule has 0 saturated heterocycles. The van der Waals surface area contributed by atoms with Gasteiger partial charge < -0.3 is 14.8 Å². The van der Waals surface area contributed by atoms with Crippen molar-refractivity contribution in [1.82, 2.24) is 4.98 Å². The van der Waals surface area contributed by atoms with E-state index in [1.165, 1.54) is 24.8 Å². The number of rotatable bonds is 4.